The predicted octanol–water partition coefficient (Wildman–Crippen LogP) is 18.8. The van der Waals surface area contributed by atoms with Crippen molar-refractivity contribution < 1.29 is 14.3 Å². The molecule has 0 aliphatic heterocycles. The van der Waals surface area contributed by atoms with Crippen molar-refractivity contribution in [1.82, 2.24) is 0 Å². The Morgan fingerprint density at radius 1 is 0.333 bits per heavy atom. The zero-order chi connectivity index (χ0) is 41.4. The Morgan fingerprint density at radius 2 is 0.596 bits per heavy atom. The first-order valence-electron chi connectivity index (χ1n) is 26.2. The molecule has 0 aromatic rings. The van der Waals surface area contributed by atoms with Crippen LogP contribution in [-0.4, -0.2) is 17.9 Å². The van der Waals surface area contributed by atoms with Crippen molar-refractivity contribution in [3.63, 3.8) is 0 Å². The molecule has 0 amide bonds. The van der Waals surface area contributed by atoms with E-state index in [1.807, 2.05) is 0 Å². The molecule has 0 aromatic heterocycles. The van der Waals surface area contributed by atoms with Crippen LogP contribution in [0.2, 0.25) is 0 Å². The van der Waals surface area contributed by atoms with E-state index in [1.54, 1.807) is 0 Å². The third-order valence-corrected chi connectivity index (χ3v) is 12.0. The molecule has 0 rings (SSSR count). The monoisotopic (exact) mass is 799 g/mol. The number of hydrogen-bond donors (Lipinski definition) is 0. The first-order chi connectivity index (χ1) is 28.2. The molecule has 336 valence electrons. The van der Waals surface area contributed by atoms with Crippen molar-refractivity contribution in [2.24, 2.45) is 0 Å². The van der Waals surface area contributed by atoms with Gasteiger partial charge in [-0.3, -0.25) is 9.59 Å². The highest BCUT2D eigenvalue weighted by Crippen LogP contribution is 2.18. The lowest BCUT2D eigenvalue weighted by molar-refractivity contribution is -0.155. The molecular weight excluding hydrogens is 697 g/mol. The fourth-order valence-corrected chi connectivity index (χ4v) is 8.08. The summed E-state index contributed by atoms with van der Waals surface area (Å²) in [5.74, 6) is 0.00769. The smallest absolute Gasteiger partial charge is 0.306 e. The molecule has 0 heterocycles. The first kappa shape index (κ1) is 55.6. The van der Waals surface area contributed by atoms with E-state index in [4.69, 9.17) is 4.74 Å². The van der Waals surface area contributed by atoms with Crippen molar-refractivity contribution >= 4 is 11.8 Å². The molecule has 3 nitrogen and oxygen atoms in total. The molecule has 0 saturated carbocycles. The number of carbonyl (C=O) groups excluding carboxylic acids is 2. The fraction of sp³-hybridized carbons (Fsp3) is 0.889. The fourth-order valence-electron chi connectivity index (χ4n) is 8.08. The number of unbranched alkanes of at least 4 members (excludes halogenated alkanes) is 36. The van der Waals surface area contributed by atoms with Gasteiger partial charge in [-0.2, -0.15) is 0 Å². The van der Waals surface area contributed by atoms with Crippen LogP contribution in [-0.2, 0) is 14.3 Å². The molecule has 0 bridgehead atoms. The van der Waals surface area contributed by atoms with Crippen LogP contribution in [0.4, 0.5) is 0 Å². The zero-order valence-corrected chi connectivity index (χ0v) is 39.2. The minimum atomic E-state index is -0.530. The minimum Gasteiger partial charge on any atom is -0.454 e. The third-order valence-electron chi connectivity index (χ3n) is 12.0. The van der Waals surface area contributed by atoms with Gasteiger partial charge in [-0.15, -0.1) is 0 Å². The van der Waals surface area contributed by atoms with E-state index in [-0.39, 0.29) is 11.8 Å². The molecule has 0 aromatic carbocycles. The summed E-state index contributed by atoms with van der Waals surface area (Å²) in [6.45, 7) is 6.85. The summed E-state index contributed by atoms with van der Waals surface area (Å²) < 4.78 is 5.92. The van der Waals surface area contributed by atoms with Crippen LogP contribution in [0.1, 0.15) is 303 Å². The summed E-state index contributed by atoms with van der Waals surface area (Å²) in [5, 5.41) is 0. The average Bonchev–Trinajstić information content (AvgIpc) is 3.21. The van der Waals surface area contributed by atoms with Crippen LogP contribution in [0, 0.1) is 0 Å². The second kappa shape index (κ2) is 49.0. The van der Waals surface area contributed by atoms with Gasteiger partial charge >= 0.3 is 5.97 Å². The van der Waals surface area contributed by atoms with Gasteiger partial charge in [0.05, 0.1) is 0 Å². The number of carbonyl (C=O) groups is 2. The summed E-state index contributed by atoms with van der Waals surface area (Å²) >= 11 is 0. The van der Waals surface area contributed by atoms with Gasteiger partial charge in [0.2, 0.25) is 0 Å². The van der Waals surface area contributed by atoms with Gasteiger partial charge in [0.25, 0.3) is 0 Å². The highest BCUT2D eigenvalue weighted by molar-refractivity contribution is 5.85. The van der Waals surface area contributed by atoms with Crippen LogP contribution >= 0.6 is 0 Å². The third kappa shape index (κ3) is 45.6. The summed E-state index contributed by atoms with van der Waals surface area (Å²) in [4.78, 5) is 26.2. The van der Waals surface area contributed by atoms with E-state index in [9.17, 15) is 9.59 Å². The molecular formula is C54H102O3. The Labute approximate surface area is 358 Å². The van der Waals surface area contributed by atoms with Crippen molar-refractivity contribution in [3.05, 3.63) is 24.3 Å². The number of hydrogen-bond acceptors (Lipinski definition) is 3. The quantitative estimate of drug-likeness (QED) is 0.0350. The predicted molar refractivity (Wildman–Crippen MR) is 253 cm³/mol. The molecule has 0 fully saturated rings. The summed E-state index contributed by atoms with van der Waals surface area (Å²) in [7, 11) is 0. The lowest BCUT2D eigenvalue weighted by atomic mass is 10.00. The Bertz CT molecular complexity index is 859. The zero-order valence-electron chi connectivity index (χ0n) is 39.2. The van der Waals surface area contributed by atoms with Crippen molar-refractivity contribution in [3.8, 4) is 0 Å². The molecule has 0 aliphatic carbocycles. The van der Waals surface area contributed by atoms with Crippen LogP contribution in [0.15, 0.2) is 24.3 Å². The Balaban J connectivity index is 4.27. The standard InChI is InChI=1S/C54H102O3/c1-4-7-10-13-16-19-22-25-28-31-34-37-40-43-46-49-52(55)53(50-47-44-41-38-35-32-29-26-23-20-17-14-11-8-5-2)57-54(56)51-48-45-42-39-36-33-30-27-24-21-18-15-12-9-6-3/h26-27,29-30,53H,4-25,28,31-51H2,1-3H3/b29-26-,30-27-. The van der Waals surface area contributed by atoms with Gasteiger partial charge in [0.15, 0.2) is 11.9 Å². The molecule has 1 unspecified atom stereocenters. The van der Waals surface area contributed by atoms with Crippen LogP contribution in [0.5, 0.6) is 0 Å². The summed E-state index contributed by atoms with van der Waals surface area (Å²) in [5.41, 5.74) is 0. The van der Waals surface area contributed by atoms with Gasteiger partial charge < -0.3 is 4.74 Å². The van der Waals surface area contributed by atoms with Gasteiger partial charge in [0, 0.05) is 12.8 Å². The van der Waals surface area contributed by atoms with E-state index in [1.165, 1.54) is 225 Å². The van der Waals surface area contributed by atoms with Gasteiger partial charge in [0.1, 0.15) is 0 Å². The molecule has 3 heteroatoms. The second-order valence-corrected chi connectivity index (χ2v) is 17.9. The molecule has 0 N–H and O–H groups in total. The number of allylic oxidation sites excluding steroid dienone is 4. The van der Waals surface area contributed by atoms with Gasteiger partial charge in [-0.25, -0.2) is 0 Å². The maximum absolute atomic E-state index is 13.3. The van der Waals surface area contributed by atoms with Crippen molar-refractivity contribution in [2.75, 3.05) is 0 Å². The first-order valence-corrected chi connectivity index (χ1v) is 26.2. The summed E-state index contributed by atoms with van der Waals surface area (Å²) in [6.07, 6.45) is 63.2. The van der Waals surface area contributed by atoms with E-state index in [0.29, 0.717) is 19.3 Å². The number of esters is 1. The Hall–Kier alpha value is -1.38. The van der Waals surface area contributed by atoms with E-state index < -0.39 is 6.10 Å². The SMILES string of the molecule is CCCCCCCC/C=C\CCCCCCCC(=O)OC(CCCCCCC/C=C\CCCCCCCC)C(=O)CCCCCCCCCCCCCCCCC. The second-order valence-electron chi connectivity index (χ2n) is 17.9. The largest absolute Gasteiger partial charge is 0.454 e. The Morgan fingerprint density at radius 3 is 0.930 bits per heavy atom. The molecule has 0 aliphatic rings. The van der Waals surface area contributed by atoms with E-state index in [2.05, 4.69) is 45.1 Å². The average molecular weight is 799 g/mol. The number of ether oxygens (including phenoxy) is 1. The van der Waals surface area contributed by atoms with E-state index in [0.717, 1.165) is 38.5 Å². The highest BCUT2D eigenvalue weighted by Gasteiger charge is 2.22. The highest BCUT2D eigenvalue weighted by atomic mass is 16.5. The normalized spacial score (nSPS) is 12.3. The van der Waals surface area contributed by atoms with Gasteiger partial charge in [-0.1, -0.05) is 238 Å². The molecule has 0 saturated heterocycles. The maximum Gasteiger partial charge on any atom is 0.306 e. The van der Waals surface area contributed by atoms with Gasteiger partial charge in [-0.05, 0) is 77.0 Å². The van der Waals surface area contributed by atoms with Crippen molar-refractivity contribution in [1.29, 1.82) is 0 Å². The van der Waals surface area contributed by atoms with Crippen LogP contribution in [0.3, 0.4) is 0 Å². The van der Waals surface area contributed by atoms with E-state index >= 15 is 0 Å². The number of Topliss-reactive ketones (excluding diaryl/α,β-unsaturated/α-hetero) is 1. The maximum atomic E-state index is 13.3. The van der Waals surface area contributed by atoms with Crippen LogP contribution in [0.25, 0.3) is 0 Å². The Kier molecular flexibility index (Phi) is 47.8. The van der Waals surface area contributed by atoms with Crippen molar-refractivity contribution in [2.45, 2.75) is 309 Å². The molecule has 0 spiro atoms. The lowest BCUT2D eigenvalue weighted by Gasteiger charge is -2.17. The number of ketones is 1. The molecule has 1 atom stereocenters. The molecule has 57 heavy (non-hydrogen) atoms. The lowest BCUT2D eigenvalue weighted by Crippen LogP contribution is -2.27. The minimum absolute atomic E-state index is 0.157. The number of rotatable bonds is 48. The van der Waals surface area contributed by atoms with Crippen LogP contribution < -0.4 is 0 Å². The molecule has 0 radical (unpaired) electrons. The summed E-state index contributed by atoms with van der Waals surface area (Å²) in [6, 6.07) is 0. The topological polar surface area (TPSA) is 43.4 Å².